The minimum atomic E-state index is -0.608. The Bertz CT molecular complexity index is 723. The molecule has 1 amide bonds. The van der Waals surface area contributed by atoms with Crippen LogP contribution in [-0.4, -0.2) is 24.4 Å². The van der Waals surface area contributed by atoms with E-state index in [-0.39, 0.29) is 11.2 Å². The monoisotopic (exact) mass is 343 g/mol. The van der Waals surface area contributed by atoms with Crippen molar-refractivity contribution >= 4 is 23.4 Å². The van der Waals surface area contributed by atoms with Crippen molar-refractivity contribution in [2.24, 2.45) is 0 Å². The molecule has 1 aromatic rings. The Balaban J connectivity index is 1.98. The van der Waals surface area contributed by atoms with Gasteiger partial charge < -0.3 is 14.8 Å². The fourth-order valence-electron chi connectivity index (χ4n) is 2.86. The lowest BCUT2D eigenvalue weighted by Crippen LogP contribution is -2.38. The maximum Gasteiger partial charge on any atom is 0.266 e. The second-order valence-corrected chi connectivity index (χ2v) is 7.03. The average Bonchev–Trinajstić information content (AvgIpc) is 2.72. The van der Waals surface area contributed by atoms with Crippen molar-refractivity contribution in [3.8, 4) is 0 Å². The Morgan fingerprint density at radius 1 is 1.29 bits per heavy atom. The Morgan fingerprint density at radius 3 is 2.75 bits per heavy atom. The second-order valence-electron chi connectivity index (χ2n) is 5.84. The smallest absolute Gasteiger partial charge is 0.266 e. The van der Waals surface area contributed by atoms with E-state index in [1.54, 1.807) is 25.8 Å². The molecule has 0 radical (unpaired) electrons. The third-order valence-corrected chi connectivity index (χ3v) is 5.45. The summed E-state index contributed by atoms with van der Waals surface area (Å²) in [5.74, 6) is 1.36. The summed E-state index contributed by atoms with van der Waals surface area (Å²) in [7, 11) is 1.68. The molecule has 126 valence electrons. The summed E-state index contributed by atoms with van der Waals surface area (Å²) in [6, 6.07) is 7.84. The molecule has 0 bridgehead atoms. The number of methoxy groups -OCH3 is 1. The van der Waals surface area contributed by atoms with Gasteiger partial charge in [0.05, 0.1) is 29.6 Å². The third-order valence-electron chi connectivity index (χ3n) is 4.03. The van der Waals surface area contributed by atoms with Crippen LogP contribution in [0.15, 0.2) is 65.0 Å². The summed E-state index contributed by atoms with van der Waals surface area (Å²) >= 11 is 1.66. The van der Waals surface area contributed by atoms with E-state index in [0.717, 1.165) is 29.2 Å². The standard InChI is InChI=1S/C19H21NO3S/c1-12(2)23-17-18(13-8-10-14(22-3)11-9-13)24-16-7-5-4-6-15(16)20-19(17)21/h4-8,10,17-18H,1,9,11H2,2-3H3,(H,20,21)/t17-,18+/m1/s1. The molecule has 2 atom stereocenters. The van der Waals surface area contributed by atoms with Crippen LogP contribution in [0.5, 0.6) is 0 Å². The van der Waals surface area contributed by atoms with E-state index in [1.165, 1.54) is 5.57 Å². The largest absolute Gasteiger partial charge is 0.501 e. The van der Waals surface area contributed by atoms with E-state index in [2.05, 4.69) is 18.0 Å². The van der Waals surface area contributed by atoms with Crippen LogP contribution in [0, 0.1) is 0 Å². The van der Waals surface area contributed by atoms with Gasteiger partial charge in [0, 0.05) is 11.3 Å². The lowest BCUT2D eigenvalue weighted by molar-refractivity contribution is -0.124. The van der Waals surface area contributed by atoms with Gasteiger partial charge in [0.1, 0.15) is 0 Å². The molecule has 0 saturated heterocycles. The highest BCUT2D eigenvalue weighted by molar-refractivity contribution is 8.00. The van der Waals surface area contributed by atoms with Crippen LogP contribution >= 0.6 is 11.8 Å². The van der Waals surface area contributed by atoms with Crippen LogP contribution in [0.1, 0.15) is 19.8 Å². The summed E-state index contributed by atoms with van der Waals surface area (Å²) in [6.45, 7) is 5.57. The van der Waals surface area contributed by atoms with E-state index < -0.39 is 6.10 Å². The first-order chi connectivity index (χ1) is 11.6. The van der Waals surface area contributed by atoms with Crippen LogP contribution in [0.25, 0.3) is 0 Å². The van der Waals surface area contributed by atoms with Gasteiger partial charge in [-0.15, -0.1) is 11.8 Å². The number of carbonyl (C=O) groups excluding carboxylic acids is 1. The molecule has 1 N–H and O–H groups in total. The van der Waals surface area contributed by atoms with Crippen molar-refractivity contribution in [1.82, 2.24) is 0 Å². The van der Waals surface area contributed by atoms with Gasteiger partial charge in [0.2, 0.25) is 0 Å². The Kier molecular flexibility index (Phi) is 5.00. The molecule has 0 unspecified atom stereocenters. The van der Waals surface area contributed by atoms with Crippen LogP contribution < -0.4 is 5.32 Å². The summed E-state index contributed by atoms with van der Waals surface area (Å²) in [4.78, 5) is 13.8. The third kappa shape index (κ3) is 3.51. The topological polar surface area (TPSA) is 47.6 Å². The lowest BCUT2D eigenvalue weighted by atomic mass is 9.97. The fourth-order valence-corrected chi connectivity index (χ4v) is 4.18. The minimum Gasteiger partial charge on any atom is -0.501 e. The molecule has 1 aliphatic heterocycles. The molecule has 5 heteroatoms. The number of allylic oxidation sites excluding steroid dienone is 4. The van der Waals surface area contributed by atoms with E-state index in [9.17, 15) is 4.79 Å². The lowest BCUT2D eigenvalue weighted by Gasteiger charge is -2.27. The highest BCUT2D eigenvalue weighted by Gasteiger charge is 2.37. The zero-order valence-corrected chi connectivity index (χ0v) is 14.7. The summed E-state index contributed by atoms with van der Waals surface area (Å²) < 4.78 is 11.1. The molecule has 4 nitrogen and oxygen atoms in total. The molecule has 1 heterocycles. The highest BCUT2D eigenvalue weighted by Crippen LogP contribution is 2.41. The number of hydrogen-bond donors (Lipinski definition) is 1. The minimum absolute atomic E-state index is 0.0972. The molecule has 0 saturated carbocycles. The number of hydrogen-bond acceptors (Lipinski definition) is 4. The van der Waals surface area contributed by atoms with E-state index in [0.29, 0.717) is 5.76 Å². The van der Waals surface area contributed by atoms with Crippen LogP contribution in [0.4, 0.5) is 5.69 Å². The number of amides is 1. The molecule has 1 aromatic carbocycles. The molecule has 1 aliphatic carbocycles. The first-order valence-corrected chi connectivity index (χ1v) is 8.79. The molecule has 24 heavy (non-hydrogen) atoms. The molecule has 3 rings (SSSR count). The van der Waals surface area contributed by atoms with Gasteiger partial charge in [-0.3, -0.25) is 4.79 Å². The maximum atomic E-state index is 12.7. The first-order valence-electron chi connectivity index (χ1n) is 7.91. The number of rotatable bonds is 4. The van der Waals surface area contributed by atoms with Crippen molar-refractivity contribution in [2.45, 2.75) is 36.0 Å². The van der Waals surface area contributed by atoms with Crippen LogP contribution in [-0.2, 0) is 14.3 Å². The van der Waals surface area contributed by atoms with Crippen LogP contribution in [0.3, 0.4) is 0 Å². The number of benzene rings is 1. The number of fused-ring (bicyclic) bond motifs is 1. The molecule has 2 aliphatic rings. The maximum absolute atomic E-state index is 12.7. The number of para-hydroxylation sites is 1. The quantitative estimate of drug-likeness (QED) is 0.830. The summed E-state index contributed by atoms with van der Waals surface area (Å²) in [5.41, 5.74) is 2.01. The predicted molar refractivity (Wildman–Crippen MR) is 96.8 cm³/mol. The average molecular weight is 343 g/mol. The molecule has 0 spiro atoms. The van der Waals surface area contributed by atoms with Crippen molar-refractivity contribution in [2.75, 3.05) is 12.4 Å². The van der Waals surface area contributed by atoms with Gasteiger partial charge in [0.15, 0.2) is 6.10 Å². The van der Waals surface area contributed by atoms with Crippen molar-refractivity contribution in [3.05, 3.63) is 60.1 Å². The van der Waals surface area contributed by atoms with E-state index in [1.807, 2.05) is 30.3 Å². The zero-order chi connectivity index (χ0) is 17.1. The normalized spacial score (nSPS) is 23.2. The number of ether oxygens (including phenoxy) is 2. The van der Waals surface area contributed by atoms with Crippen LogP contribution in [0.2, 0.25) is 0 Å². The molecular formula is C19H21NO3S. The Morgan fingerprint density at radius 2 is 2.08 bits per heavy atom. The van der Waals surface area contributed by atoms with E-state index >= 15 is 0 Å². The zero-order valence-electron chi connectivity index (χ0n) is 13.9. The van der Waals surface area contributed by atoms with Gasteiger partial charge in [-0.1, -0.05) is 30.4 Å². The van der Waals surface area contributed by atoms with Crippen molar-refractivity contribution < 1.29 is 14.3 Å². The van der Waals surface area contributed by atoms with Gasteiger partial charge in [-0.05, 0) is 31.6 Å². The Labute approximate surface area is 146 Å². The van der Waals surface area contributed by atoms with Gasteiger partial charge in [0.25, 0.3) is 5.91 Å². The first kappa shape index (κ1) is 16.7. The molecular weight excluding hydrogens is 322 g/mol. The SMILES string of the molecule is C=C(C)O[C@H]1C(=O)Nc2ccccc2S[C@H]1C1=CC=C(OC)CC1. The number of anilines is 1. The molecule has 0 aromatic heterocycles. The highest BCUT2D eigenvalue weighted by atomic mass is 32.2. The Hall–Kier alpha value is -2.14. The van der Waals surface area contributed by atoms with Gasteiger partial charge in [-0.2, -0.15) is 0 Å². The van der Waals surface area contributed by atoms with Gasteiger partial charge >= 0.3 is 0 Å². The summed E-state index contributed by atoms with van der Waals surface area (Å²) in [5, 5.41) is 2.88. The molecule has 0 fully saturated rings. The van der Waals surface area contributed by atoms with Crippen molar-refractivity contribution in [3.63, 3.8) is 0 Å². The number of nitrogens with one attached hydrogen (secondary N) is 1. The van der Waals surface area contributed by atoms with E-state index in [4.69, 9.17) is 9.47 Å². The van der Waals surface area contributed by atoms with Gasteiger partial charge in [-0.25, -0.2) is 0 Å². The summed E-state index contributed by atoms with van der Waals surface area (Å²) in [6.07, 6.45) is 5.11. The van der Waals surface area contributed by atoms with Crippen molar-refractivity contribution in [1.29, 1.82) is 0 Å². The number of thioether (sulfide) groups is 1. The fraction of sp³-hybridized carbons (Fsp3) is 0.316. The number of carbonyl (C=O) groups is 1. The predicted octanol–water partition coefficient (Wildman–Crippen LogP) is 4.27. The second kappa shape index (κ2) is 7.18.